The Kier molecular flexibility index (Phi) is 5.52. The summed E-state index contributed by atoms with van der Waals surface area (Å²) in [6, 6.07) is 0. The topological polar surface area (TPSA) is 83.4 Å². The van der Waals surface area contributed by atoms with Gasteiger partial charge in [-0.25, -0.2) is 9.59 Å². The van der Waals surface area contributed by atoms with Crippen molar-refractivity contribution in [3.63, 3.8) is 0 Å². The lowest BCUT2D eigenvalue weighted by Crippen LogP contribution is -2.48. The molecule has 0 aromatic carbocycles. The molecule has 7 nitrogen and oxygen atoms in total. The summed E-state index contributed by atoms with van der Waals surface area (Å²) in [6.07, 6.45) is 0.791. The molecule has 7 heteroatoms. The lowest BCUT2D eigenvalue weighted by molar-refractivity contribution is -0.214. The van der Waals surface area contributed by atoms with Gasteiger partial charge in [-0.05, 0) is 26.7 Å². The number of hydrogen-bond acceptors (Lipinski definition) is 7. The van der Waals surface area contributed by atoms with Crippen LogP contribution in [0.5, 0.6) is 0 Å². The van der Waals surface area contributed by atoms with E-state index in [9.17, 15) is 9.59 Å². The monoisotopic (exact) mass is 341 g/mol. The van der Waals surface area contributed by atoms with E-state index in [1.807, 2.05) is 20.8 Å². The number of nitrogens with zero attached hydrogens (tertiary/aromatic N) is 1. The summed E-state index contributed by atoms with van der Waals surface area (Å²) >= 11 is 0. The first-order valence-electron chi connectivity index (χ1n) is 8.52. The van der Waals surface area contributed by atoms with E-state index in [0.717, 1.165) is 18.6 Å². The van der Waals surface area contributed by atoms with Gasteiger partial charge in [0.2, 0.25) is 5.60 Å². The normalized spacial score (nSPS) is 27.0. The lowest BCUT2D eigenvalue weighted by Gasteiger charge is -2.29. The summed E-state index contributed by atoms with van der Waals surface area (Å²) in [5.74, 6) is -1.46. The number of fused-ring (bicyclic) bond motifs is 1. The minimum atomic E-state index is -1.37. The predicted molar refractivity (Wildman–Crippen MR) is 86.2 cm³/mol. The molecule has 2 aliphatic rings. The van der Waals surface area contributed by atoms with Crippen molar-refractivity contribution in [1.29, 1.82) is 0 Å². The van der Waals surface area contributed by atoms with Crippen molar-refractivity contribution < 1.29 is 28.6 Å². The van der Waals surface area contributed by atoms with Crippen LogP contribution in [0.3, 0.4) is 0 Å². The highest BCUT2D eigenvalue weighted by Crippen LogP contribution is 2.48. The number of hydrogen-bond donors (Lipinski definition) is 0. The highest BCUT2D eigenvalue weighted by atomic mass is 16.7. The largest absolute Gasteiger partial charge is 0.461 e. The van der Waals surface area contributed by atoms with Gasteiger partial charge in [0.1, 0.15) is 0 Å². The fraction of sp³-hybridized carbons (Fsp3) is 0.824. The Morgan fingerprint density at radius 3 is 2.62 bits per heavy atom. The third kappa shape index (κ3) is 3.41. The molecule has 0 amide bonds. The van der Waals surface area contributed by atoms with Crippen LogP contribution in [0.4, 0.5) is 0 Å². The van der Waals surface area contributed by atoms with Crippen LogP contribution in [0.25, 0.3) is 0 Å². The van der Waals surface area contributed by atoms with E-state index in [0.29, 0.717) is 6.42 Å². The van der Waals surface area contributed by atoms with Crippen LogP contribution in [0.1, 0.15) is 53.9 Å². The van der Waals surface area contributed by atoms with Crippen molar-refractivity contribution in [3.05, 3.63) is 0 Å². The first-order chi connectivity index (χ1) is 11.3. The van der Waals surface area contributed by atoms with Crippen LogP contribution in [0.15, 0.2) is 5.16 Å². The predicted octanol–water partition coefficient (Wildman–Crippen LogP) is 2.43. The molecule has 0 spiro atoms. The summed E-state index contributed by atoms with van der Waals surface area (Å²) < 4.78 is 15.4. The highest BCUT2D eigenvalue weighted by molar-refractivity contribution is 5.99. The number of esters is 2. The van der Waals surface area contributed by atoms with Gasteiger partial charge < -0.3 is 19.0 Å². The number of oxime groups is 1. The second kappa shape index (κ2) is 7.09. The second-order valence-corrected chi connectivity index (χ2v) is 7.10. The molecule has 3 unspecified atom stereocenters. The van der Waals surface area contributed by atoms with Crippen molar-refractivity contribution in [3.8, 4) is 0 Å². The van der Waals surface area contributed by atoms with Crippen molar-refractivity contribution in [2.45, 2.75) is 65.8 Å². The number of ether oxygens (including phenoxy) is 3. The molecule has 0 N–H and O–H groups in total. The van der Waals surface area contributed by atoms with Gasteiger partial charge in [0.15, 0.2) is 0 Å². The zero-order chi connectivity index (χ0) is 18.0. The van der Waals surface area contributed by atoms with E-state index >= 15 is 0 Å². The lowest BCUT2D eigenvalue weighted by atomic mass is 9.76. The molecule has 2 rings (SSSR count). The molecule has 0 saturated heterocycles. The third-order valence-electron chi connectivity index (χ3n) is 4.37. The number of carbonyl (C=O) groups is 2. The van der Waals surface area contributed by atoms with Crippen LogP contribution >= 0.6 is 0 Å². The molecule has 1 saturated carbocycles. The molecule has 1 aliphatic heterocycles. The fourth-order valence-electron chi connectivity index (χ4n) is 3.29. The van der Waals surface area contributed by atoms with Crippen LogP contribution < -0.4 is 0 Å². The van der Waals surface area contributed by atoms with E-state index < -0.39 is 23.8 Å². The Morgan fingerprint density at radius 2 is 2.04 bits per heavy atom. The van der Waals surface area contributed by atoms with Gasteiger partial charge in [-0.15, -0.1) is 0 Å². The molecule has 0 aromatic heterocycles. The van der Waals surface area contributed by atoms with Gasteiger partial charge >= 0.3 is 18.2 Å². The molecule has 3 atom stereocenters. The van der Waals surface area contributed by atoms with E-state index in [4.69, 9.17) is 19.0 Å². The van der Waals surface area contributed by atoms with Gasteiger partial charge in [0, 0.05) is 18.4 Å². The summed E-state index contributed by atoms with van der Waals surface area (Å²) in [6.45, 7) is 9.91. The Morgan fingerprint density at radius 1 is 1.33 bits per heavy atom. The average Bonchev–Trinajstić information content (AvgIpc) is 3.05. The molecule has 1 aliphatic carbocycles. The van der Waals surface area contributed by atoms with Gasteiger partial charge in [-0.1, -0.05) is 25.9 Å². The highest BCUT2D eigenvalue weighted by Gasteiger charge is 2.61. The SMILES string of the molecule is CCOC(=O)C(OCC)OC(=O)C12CCCC1C(C(C)(C)C)=NO2. The molecule has 0 aromatic rings. The second-order valence-electron chi connectivity index (χ2n) is 7.10. The molecule has 24 heavy (non-hydrogen) atoms. The molecule has 1 heterocycles. The number of carbonyl (C=O) groups excluding carboxylic acids is 2. The maximum Gasteiger partial charge on any atom is 0.376 e. The quantitative estimate of drug-likeness (QED) is 0.545. The maximum absolute atomic E-state index is 12.8. The van der Waals surface area contributed by atoms with Gasteiger partial charge in [0.25, 0.3) is 0 Å². The fourth-order valence-corrected chi connectivity index (χ4v) is 3.29. The van der Waals surface area contributed by atoms with Gasteiger partial charge in [-0.3, -0.25) is 0 Å². The van der Waals surface area contributed by atoms with Gasteiger partial charge in [0.05, 0.1) is 18.2 Å². The molecular formula is C17H27NO6. The van der Waals surface area contributed by atoms with Crippen molar-refractivity contribution in [1.82, 2.24) is 0 Å². The van der Waals surface area contributed by atoms with E-state index in [1.54, 1.807) is 13.8 Å². The Labute approximate surface area is 142 Å². The van der Waals surface area contributed by atoms with Crippen LogP contribution in [-0.2, 0) is 28.6 Å². The van der Waals surface area contributed by atoms with Crippen molar-refractivity contribution >= 4 is 17.7 Å². The third-order valence-corrected chi connectivity index (χ3v) is 4.37. The molecule has 0 radical (unpaired) electrons. The Balaban J connectivity index is 2.15. The molecule has 136 valence electrons. The van der Waals surface area contributed by atoms with E-state index in [1.165, 1.54) is 0 Å². The van der Waals surface area contributed by atoms with E-state index in [2.05, 4.69) is 5.16 Å². The summed E-state index contributed by atoms with van der Waals surface area (Å²) in [5, 5.41) is 4.18. The van der Waals surface area contributed by atoms with Crippen LogP contribution in [0, 0.1) is 11.3 Å². The molecular weight excluding hydrogens is 314 g/mol. The van der Waals surface area contributed by atoms with Crippen molar-refractivity contribution in [2.24, 2.45) is 16.5 Å². The van der Waals surface area contributed by atoms with Crippen molar-refractivity contribution in [2.75, 3.05) is 13.2 Å². The summed E-state index contributed by atoms with van der Waals surface area (Å²) in [4.78, 5) is 30.3. The van der Waals surface area contributed by atoms with Crippen LogP contribution in [0.2, 0.25) is 0 Å². The van der Waals surface area contributed by atoms with Crippen LogP contribution in [-0.4, -0.2) is 42.8 Å². The zero-order valence-electron chi connectivity index (χ0n) is 15.1. The standard InChI is InChI=1S/C17H27NO6/c1-6-21-13(19)14(22-7-2)23-15(20)17-10-8-9-11(17)12(18-24-17)16(3,4)5/h11,14H,6-10H2,1-5H3. The smallest absolute Gasteiger partial charge is 0.376 e. The minimum absolute atomic E-state index is 0.130. The van der Waals surface area contributed by atoms with E-state index in [-0.39, 0.29) is 24.5 Å². The molecule has 1 fully saturated rings. The number of rotatable bonds is 6. The first kappa shape index (κ1) is 18.7. The minimum Gasteiger partial charge on any atom is -0.461 e. The average molecular weight is 341 g/mol. The van der Waals surface area contributed by atoms with Gasteiger partial charge in [-0.2, -0.15) is 0 Å². The Hall–Kier alpha value is -1.63. The zero-order valence-corrected chi connectivity index (χ0v) is 15.1. The Bertz CT molecular complexity index is 524. The molecule has 0 bridgehead atoms. The summed E-state index contributed by atoms with van der Waals surface area (Å²) in [7, 11) is 0. The first-order valence-corrected chi connectivity index (χ1v) is 8.52. The maximum atomic E-state index is 12.8. The summed E-state index contributed by atoms with van der Waals surface area (Å²) in [5.41, 5.74) is -0.483.